The van der Waals surface area contributed by atoms with Gasteiger partial charge < -0.3 is 14.4 Å². The van der Waals surface area contributed by atoms with Gasteiger partial charge in [-0.05, 0) is 31.2 Å². The first kappa shape index (κ1) is 12.6. The molecule has 1 aromatic rings. The highest BCUT2D eigenvalue weighted by molar-refractivity contribution is 5.94. The standard InChI is InChI=1S/C13H15NO4/c1-10(15)11-2-4-12(5-3-11)18-13(16)14-6-8-17-9-7-14/h2-5H,6-9H2,1H3. The summed E-state index contributed by atoms with van der Waals surface area (Å²) in [6, 6.07) is 6.53. The van der Waals surface area contributed by atoms with Crippen LogP contribution in [0.4, 0.5) is 4.79 Å². The number of carbonyl (C=O) groups excluding carboxylic acids is 2. The van der Waals surface area contributed by atoms with Crippen LogP contribution in [0, 0.1) is 0 Å². The molecule has 0 N–H and O–H groups in total. The molecule has 96 valence electrons. The lowest BCUT2D eigenvalue weighted by Gasteiger charge is -2.25. The zero-order chi connectivity index (χ0) is 13.0. The zero-order valence-corrected chi connectivity index (χ0v) is 10.2. The van der Waals surface area contributed by atoms with E-state index in [0.29, 0.717) is 37.6 Å². The number of hydrogen-bond acceptors (Lipinski definition) is 4. The van der Waals surface area contributed by atoms with E-state index in [-0.39, 0.29) is 11.9 Å². The van der Waals surface area contributed by atoms with Gasteiger partial charge in [0.15, 0.2) is 5.78 Å². The molecule has 1 aliphatic heterocycles. The molecule has 0 radical (unpaired) electrons. The van der Waals surface area contributed by atoms with Gasteiger partial charge in [-0.3, -0.25) is 4.79 Å². The second kappa shape index (κ2) is 5.64. The monoisotopic (exact) mass is 249 g/mol. The number of nitrogens with zero attached hydrogens (tertiary/aromatic N) is 1. The van der Waals surface area contributed by atoms with E-state index in [1.165, 1.54) is 6.92 Å². The molecule has 0 unspecified atom stereocenters. The minimum Gasteiger partial charge on any atom is -0.410 e. The largest absolute Gasteiger partial charge is 0.415 e. The number of amides is 1. The molecule has 1 aliphatic rings. The van der Waals surface area contributed by atoms with Crippen molar-refractivity contribution in [3.8, 4) is 5.75 Å². The highest BCUT2D eigenvalue weighted by Gasteiger charge is 2.18. The molecule has 0 aromatic heterocycles. The number of ether oxygens (including phenoxy) is 2. The van der Waals surface area contributed by atoms with Gasteiger partial charge in [0.2, 0.25) is 0 Å². The van der Waals surface area contributed by atoms with E-state index in [2.05, 4.69) is 0 Å². The summed E-state index contributed by atoms with van der Waals surface area (Å²) >= 11 is 0. The third kappa shape index (κ3) is 3.07. The van der Waals surface area contributed by atoms with Gasteiger partial charge in [-0.1, -0.05) is 0 Å². The molecule has 1 fully saturated rings. The third-order valence-corrected chi connectivity index (χ3v) is 2.74. The number of Topliss-reactive ketones (excluding diaryl/α,β-unsaturated/α-hetero) is 1. The van der Waals surface area contributed by atoms with Crippen LogP contribution in [0.15, 0.2) is 24.3 Å². The van der Waals surface area contributed by atoms with E-state index in [9.17, 15) is 9.59 Å². The summed E-state index contributed by atoms with van der Waals surface area (Å²) in [7, 11) is 0. The minimum absolute atomic E-state index is 0.0129. The zero-order valence-electron chi connectivity index (χ0n) is 10.2. The first-order valence-electron chi connectivity index (χ1n) is 5.82. The Labute approximate surface area is 105 Å². The van der Waals surface area contributed by atoms with Crippen LogP contribution in [0.3, 0.4) is 0 Å². The van der Waals surface area contributed by atoms with E-state index in [1.54, 1.807) is 29.2 Å². The van der Waals surface area contributed by atoms with Crippen LogP contribution in [0.5, 0.6) is 5.75 Å². The van der Waals surface area contributed by atoms with Crippen molar-refractivity contribution in [3.05, 3.63) is 29.8 Å². The molecule has 1 heterocycles. The molecule has 1 saturated heterocycles. The summed E-state index contributed by atoms with van der Waals surface area (Å²) in [5.74, 6) is 0.428. The Bertz CT molecular complexity index is 435. The number of carbonyl (C=O) groups is 2. The van der Waals surface area contributed by atoms with Gasteiger partial charge in [0.25, 0.3) is 0 Å². The summed E-state index contributed by atoms with van der Waals surface area (Å²) in [6.07, 6.45) is -0.381. The quantitative estimate of drug-likeness (QED) is 0.749. The van der Waals surface area contributed by atoms with Crippen molar-refractivity contribution < 1.29 is 19.1 Å². The summed E-state index contributed by atoms with van der Waals surface area (Å²) in [5.41, 5.74) is 0.598. The molecular weight excluding hydrogens is 234 g/mol. The fourth-order valence-corrected chi connectivity index (χ4v) is 1.67. The molecule has 1 aromatic carbocycles. The van der Waals surface area contributed by atoms with Gasteiger partial charge >= 0.3 is 6.09 Å². The topological polar surface area (TPSA) is 55.8 Å². The van der Waals surface area contributed by atoms with E-state index in [1.807, 2.05) is 0 Å². The average molecular weight is 249 g/mol. The maximum atomic E-state index is 11.8. The first-order valence-corrected chi connectivity index (χ1v) is 5.82. The van der Waals surface area contributed by atoms with Crippen LogP contribution in [0.2, 0.25) is 0 Å². The van der Waals surface area contributed by atoms with Gasteiger partial charge in [0, 0.05) is 18.7 Å². The number of benzene rings is 1. The number of morpholine rings is 1. The van der Waals surface area contributed by atoms with Crippen molar-refractivity contribution >= 4 is 11.9 Å². The fourth-order valence-electron chi connectivity index (χ4n) is 1.67. The number of rotatable bonds is 2. The molecule has 2 rings (SSSR count). The lowest BCUT2D eigenvalue weighted by atomic mass is 10.1. The minimum atomic E-state index is -0.381. The predicted molar refractivity (Wildman–Crippen MR) is 64.9 cm³/mol. The Kier molecular flexibility index (Phi) is 3.94. The molecule has 0 spiro atoms. The van der Waals surface area contributed by atoms with Gasteiger partial charge in [0.1, 0.15) is 5.75 Å². The molecule has 18 heavy (non-hydrogen) atoms. The van der Waals surface area contributed by atoms with Crippen LogP contribution in [0.1, 0.15) is 17.3 Å². The Morgan fingerprint density at radius 2 is 1.78 bits per heavy atom. The van der Waals surface area contributed by atoms with Crippen LogP contribution >= 0.6 is 0 Å². The van der Waals surface area contributed by atoms with Crippen LogP contribution < -0.4 is 4.74 Å². The molecule has 0 atom stereocenters. The number of hydrogen-bond donors (Lipinski definition) is 0. The molecule has 0 saturated carbocycles. The second-order valence-electron chi connectivity index (χ2n) is 4.05. The van der Waals surface area contributed by atoms with Crippen molar-refractivity contribution in [2.24, 2.45) is 0 Å². The Balaban J connectivity index is 1.96. The summed E-state index contributed by atoms with van der Waals surface area (Å²) in [5, 5.41) is 0. The highest BCUT2D eigenvalue weighted by Crippen LogP contribution is 2.14. The molecular formula is C13H15NO4. The van der Waals surface area contributed by atoms with E-state index >= 15 is 0 Å². The van der Waals surface area contributed by atoms with Crippen LogP contribution in [-0.4, -0.2) is 43.1 Å². The normalized spacial score (nSPS) is 15.3. The van der Waals surface area contributed by atoms with Crippen molar-refractivity contribution in [2.75, 3.05) is 26.3 Å². The fraction of sp³-hybridized carbons (Fsp3) is 0.385. The van der Waals surface area contributed by atoms with Gasteiger partial charge in [0.05, 0.1) is 13.2 Å². The van der Waals surface area contributed by atoms with Gasteiger partial charge in [-0.2, -0.15) is 0 Å². The van der Waals surface area contributed by atoms with Gasteiger partial charge in [-0.15, -0.1) is 0 Å². The Morgan fingerprint density at radius 1 is 1.17 bits per heavy atom. The van der Waals surface area contributed by atoms with E-state index in [4.69, 9.17) is 9.47 Å². The molecule has 1 amide bonds. The maximum Gasteiger partial charge on any atom is 0.415 e. The van der Waals surface area contributed by atoms with Crippen molar-refractivity contribution in [1.29, 1.82) is 0 Å². The number of ketones is 1. The smallest absolute Gasteiger partial charge is 0.410 e. The van der Waals surface area contributed by atoms with E-state index in [0.717, 1.165) is 0 Å². The summed E-state index contributed by atoms with van der Waals surface area (Å²) < 4.78 is 10.4. The van der Waals surface area contributed by atoms with Crippen molar-refractivity contribution in [1.82, 2.24) is 4.90 Å². The predicted octanol–water partition coefficient (Wildman–Crippen LogP) is 1.72. The van der Waals surface area contributed by atoms with Crippen molar-refractivity contribution in [3.63, 3.8) is 0 Å². The first-order chi connectivity index (χ1) is 8.66. The molecule has 0 aliphatic carbocycles. The van der Waals surface area contributed by atoms with Crippen LogP contribution in [-0.2, 0) is 4.74 Å². The average Bonchev–Trinajstić information content (AvgIpc) is 2.40. The molecule has 5 nitrogen and oxygen atoms in total. The third-order valence-electron chi connectivity index (χ3n) is 2.74. The van der Waals surface area contributed by atoms with Gasteiger partial charge in [-0.25, -0.2) is 4.79 Å². The van der Waals surface area contributed by atoms with E-state index < -0.39 is 0 Å². The lowest BCUT2D eigenvalue weighted by molar-refractivity contribution is 0.0416. The second-order valence-corrected chi connectivity index (χ2v) is 4.05. The SMILES string of the molecule is CC(=O)c1ccc(OC(=O)N2CCOCC2)cc1. The van der Waals surface area contributed by atoms with Crippen LogP contribution in [0.25, 0.3) is 0 Å². The summed E-state index contributed by atoms with van der Waals surface area (Å²) in [6.45, 7) is 3.67. The lowest BCUT2D eigenvalue weighted by Crippen LogP contribution is -2.42. The molecule has 5 heteroatoms. The van der Waals surface area contributed by atoms with Crippen molar-refractivity contribution in [2.45, 2.75) is 6.92 Å². The molecule has 0 bridgehead atoms. The highest BCUT2D eigenvalue weighted by atomic mass is 16.6. The Morgan fingerprint density at radius 3 is 2.33 bits per heavy atom. The maximum absolute atomic E-state index is 11.8. The Hall–Kier alpha value is -1.88. The summed E-state index contributed by atoms with van der Waals surface area (Å²) in [4.78, 5) is 24.5.